The summed E-state index contributed by atoms with van der Waals surface area (Å²) in [5.74, 6) is -0.542. The van der Waals surface area contributed by atoms with Crippen molar-refractivity contribution in [3.8, 4) is 11.1 Å². The van der Waals surface area contributed by atoms with Crippen molar-refractivity contribution in [3.05, 3.63) is 64.7 Å². The Morgan fingerprint density at radius 1 is 1.14 bits per heavy atom. The predicted octanol–water partition coefficient (Wildman–Crippen LogP) is 4.63. The standard InChI is InChI=1S/C21H17N5OS/c1-10-6-8-11(9-7-10)14-15-16(22)19(20(23)27)28-21(15)24-17-12-4-2-3-5-13(12)25-26-18(14)17/h2-9,12-13H,22H2,1H3,(H2,23,27). The van der Waals surface area contributed by atoms with Gasteiger partial charge in [0, 0.05) is 16.9 Å². The highest BCUT2D eigenvalue weighted by atomic mass is 32.1. The molecule has 0 bridgehead atoms. The molecule has 2 atom stereocenters. The summed E-state index contributed by atoms with van der Waals surface area (Å²) in [7, 11) is 0. The summed E-state index contributed by atoms with van der Waals surface area (Å²) in [6, 6.07) is 8.07. The fourth-order valence-corrected chi connectivity index (χ4v) is 4.73. The summed E-state index contributed by atoms with van der Waals surface area (Å²) in [5.41, 5.74) is 16.8. The Morgan fingerprint density at radius 3 is 2.64 bits per heavy atom. The second-order valence-electron chi connectivity index (χ2n) is 6.98. The smallest absolute Gasteiger partial charge is 0.260 e. The van der Waals surface area contributed by atoms with E-state index in [9.17, 15) is 4.79 Å². The molecule has 3 aromatic rings. The van der Waals surface area contributed by atoms with E-state index in [1.54, 1.807) is 0 Å². The number of carbonyl (C=O) groups is 1. The van der Waals surface area contributed by atoms with E-state index in [1.165, 1.54) is 11.3 Å². The van der Waals surface area contributed by atoms with Gasteiger partial charge >= 0.3 is 0 Å². The molecule has 4 N–H and O–H groups in total. The fraction of sp³-hybridized carbons (Fsp3) is 0.143. The van der Waals surface area contributed by atoms with Crippen LogP contribution >= 0.6 is 11.3 Å². The van der Waals surface area contributed by atoms with Crippen LogP contribution in [-0.2, 0) is 0 Å². The first-order valence-corrected chi connectivity index (χ1v) is 9.75. The number of primary amides is 1. The van der Waals surface area contributed by atoms with Gasteiger partial charge in [0.05, 0.1) is 11.4 Å². The molecule has 2 unspecified atom stereocenters. The zero-order valence-electron chi connectivity index (χ0n) is 15.1. The Morgan fingerprint density at radius 2 is 1.89 bits per heavy atom. The van der Waals surface area contributed by atoms with E-state index in [2.05, 4.69) is 16.3 Å². The van der Waals surface area contributed by atoms with Crippen molar-refractivity contribution in [2.45, 2.75) is 18.9 Å². The number of nitrogens with two attached hydrogens (primary N) is 2. The minimum Gasteiger partial charge on any atom is -0.397 e. The van der Waals surface area contributed by atoms with Crippen LogP contribution in [0.3, 0.4) is 0 Å². The molecule has 138 valence electrons. The van der Waals surface area contributed by atoms with E-state index in [-0.39, 0.29) is 12.0 Å². The predicted molar refractivity (Wildman–Crippen MR) is 112 cm³/mol. The monoisotopic (exact) mass is 387 g/mol. The third-order valence-corrected chi connectivity index (χ3v) is 6.27. The molecule has 0 radical (unpaired) electrons. The minimum atomic E-state index is -0.548. The molecule has 0 saturated heterocycles. The van der Waals surface area contributed by atoms with Gasteiger partial charge in [-0.2, -0.15) is 10.2 Å². The normalized spacial score (nSPS) is 19.6. The van der Waals surface area contributed by atoms with Crippen LogP contribution in [0.25, 0.3) is 21.3 Å². The van der Waals surface area contributed by atoms with Crippen molar-refractivity contribution in [1.82, 2.24) is 4.98 Å². The molecule has 2 aliphatic rings. The van der Waals surface area contributed by atoms with Gasteiger partial charge < -0.3 is 11.5 Å². The lowest BCUT2D eigenvalue weighted by molar-refractivity contribution is 0.100. The molecule has 2 aromatic heterocycles. The van der Waals surface area contributed by atoms with Crippen molar-refractivity contribution in [2.75, 3.05) is 5.73 Å². The molecule has 0 saturated carbocycles. The average molecular weight is 387 g/mol. The Balaban J connectivity index is 1.89. The first-order valence-electron chi connectivity index (χ1n) is 8.93. The minimum absolute atomic E-state index is 0.00597. The van der Waals surface area contributed by atoms with Crippen LogP contribution in [0, 0.1) is 6.92 Å². The molecule has 1 aromatic carbocycles. The molecular formula is C21H17N5OS. The van der Waals surface area contributed by atoms with E-state index in [0.717, 1.165) is 22.4 Å². The zero-order valence-corrected chi connectivity index (χ0v) is 15.9. The second-order valence-corrected chi connectivity index (χ2v) is 7.98. The van der Waals surface area contributed by atoms with Gasteiger partial charge in [-0.25, -0.2) is 4.98 Å². The Labute approximate surface area is 165 Å². The van der Waals surface area contributed by atoms with Gasteiger partial charge in [-0.3, -0.25) is 4.79 Å². The number of hydrogen-bond acceptors (Lipinski definition) is 6. The number of benzene rings is 1. The van der Waals surface area contributed by atoms with Gasteiger partial charge in [0.1, 0.15) is 21.4 Å². The lowest BCUT2D eigenvalue weighted by Gasteiger charge is -2.26. The Kier molecular flexibility index (Phi) is 3.67. The summed E-state index contributed by atoms with van der Waals surface area (Å²) in [4.78, 5) is 17.8. The van der Waals surface area contributed by atoms with E-state index in [4.69, 9.17) is 16.5 Å². The van der Waals surface area contributed by atoms with Crippen molar-refractivity contribution >= 4 is 38.8 Å². The summed E-state index contributed by atoms with van der Waals surface area (Å²) < 4.78 is 0. The molecule has 3 heterocycles. The number of carbonyl (C=O) groups excluding carboxylic acids is 1. The number of allylic oxidation sites excluding steroid dienone is 2. The van der Waals surface area contributed by atoms with Gasteiger partial charge in [-0.1, -0.05) is 54.1 Å². The number of nitrogens with zero attached hydrogens (tertiary/aromatic N) is 3. The maximum Gasteiger partial charge on any atom is 0.260 e. The van der Waals surface area contributed by atoms with Crippen LogP contribution in [0.15, 0.2) is 58.8 Å². The number of azo groups is 1. The number of aryl methyl sites for hydroxylation is 1. The van der Waals surface area contributed by atoms with Crippen LogP contribution < -0.4 is 11.5 Å². The van der Waals surface area contributed by atoms with E-state index in [1.807, 2.05) is 49.4 Å². The number of aromatic nitrogens is 1. The number of anilines is 1. The number of nitrogen functional groups attached to an aromatic ring is 1. The summed E-state index contributed by atoms with van der Waals surface area (Å²) in [6.45, 7) is 2.04. The lowest BCUT2D eigenvalue weighted by Crippen LogP contribution is -2.18. The van der Waals surface area contributed by atoms with Crippen molar-refractivity contribution < 1.29 is 4.79 Å². The van der Waals surface area contributed by atoms with Crippen LogP contribution in [-0.4, -0.2) is 16.9 Å². The third kappa shape index (κ3) is 2.40. The van der Waals surface area contributed by atoms with Gasteiger partial charge in [0.25, 0.3) is 5.91 Å². The van der Waals surface area contributed by atoms with Gasteiger partial charge in [-0.15, -0.1) is 11.3 Å². The molecular weight excluding hydrogens is 370 g/mol. The lowest BCUT2D eigenvalue weighted by atomic mass is 9.87. The first-order chi connectivity index (χ1) is 13.5. The maximum absolute atomic E-state index is 11.9. The Bertz CT molecular complexity index is 1220. The molecule has 1 aliphatic carbocycles. The zero-order chi connectivity index (χ0) is 19.4. The SMILES string of the molecule is Cc1ccc(-c2c3c(nc4sc(C(N)=O)c(N)c24)C2C=CC=CC2N=N3)cc1. The van der Waals surface area contributed by atoms with Gasteiger partial charge in [0.15, 0.2) is 0 Å². The van der Waals surface area contributed by atoms with Gasteiger partial charge in [0.2, 0.25) is 0 Å². The number of pyridine rings is 1. The molecule has 1 aliphatic heterocycles. The van der Waals surface area contributed by atoms with Gasteiger partial charge in [-0.05, 0) is 12.5 Å². The van der Waals surface area contributed by atoms with E-state index < -0.39 is 5.91 Å². The van der Waals surface area contributed by atoms with E-state index >= 15 is 0 Å². The summed E-state index contributed by atoms with van der Waals surface area (Å²) >= 11 is 1.23. The number of amides is 1. The topological polar surface area (TPSA) is 107 Å². The molecule has 7 heteroatoms. The van der Waals surface area contributed by atoms with Crippen molar-refractivity contribution in [3.63, 3.8) is 0 Å². The molecule has 28 heavy (non-hydrogen) atoms. The summed E-state index contributed by atoms with van der Waals surface area (Å²) in [5, 5.41) is 9.74. The molecule has 6 nitrogen and oxygen atoms in total. The first kappa shape index (κ1) is 16.8. The van der Waals surface area contributed by atoms with Crippen molar-refractivity contribution in [2.24, 2.45) is 16.0 Å². The summed E-state index contributed by atoms with van der Waals surface area (Å²) in [6.07, 6.45) is 8.08. The average Bonchev–Trinajstić information content (AvgIpc) is 3.03. The highest BCUT2D eigenvalue weighted by molar-refractivity contribution is 7.21. The second kappa shape index (κ2) is 6.10. The highest BCUT2D eigenvalue weighted by Gasteiger charge is 2.32. The van der Waals surface area contributed by atoms with Crippen LogP contribution in [0.5, 0.6) is 0 Å². The fourth-order valence-electron chi connectivity index (χ4n) is 3.76. The molecule has 1 amide bonds. The van der Waals surface area contributed by atoms with Crippen LogP contribution in [0.4, 0.5) is 11.4 Å². The molecule has 5 rings (SSSR count). The number of hydrogen-bond donors (Lipinski definition) is 2. The molecule has 0 spiro atoms. The third-order valence-electron chi connectivity index (χ3n) is 5.15. The number of thiophene rings is 1. The largest absolute Gasteiger partial charge is 0.397 e. The van der Waals surface area contributed by atoms with Crippen LogP contribution in [0.1, 0.15) is 26.8 Å². The Hall–Kier alpha value is -3.32. The number of fused-ring (bicyclic) bond motifs is 4. The quantitative estimate of drug-likeness (QED) is 0.669. The van der Waals surface area contributed by atoms with E-state index in [0.29, 0.717) is 26.5 Å². The number of rotatable bonds is 2. The van der Waals surface area contributed by atoms with Crippen LogP contribution in [0.2, 0.25) is 0 Å². The molecule has 0 fully saturated rings. The van der Waals surface area contributed by atoms with Crippen molar-refractivity contribution in [1.29, 1.82) is 0 Å². The highest BCUT2D eigenvalue weighted by Crippen LogP contribution is 2.49. The maximum atomic E-state index is 11.9.